The van der Waals surface area contributed by atoms with Gasteiger partial charge in [-0.05, 0) is 30.5 Å². The summed E-state index contributed by atoms with van der Waals surface area (Å²) in [6.45, 7) is 4.67. The summed E-state index contributed by atoms with van der Waals surface area (Å²) < 4.78 is 25.4. The molecule has 2 aromatic rings. The molecule has 30 heavy (non-hydrogen) atoms. The van der Waals surface area contributed by atoms with Gasteiger partial charge in [-0.3, -0.25) is 4.68 Å². The lowest BCUT2D eigenvalue weighted by atomic mass is 9.85. The number of amides is 2. The predicted molar refractivity (Wildman–Crippen MR) is 114 cm³/mol. The highest BCUT2D eigenvalue weighted by Gasteiger charge is 2.72. The number of carbonyl (C=O) groups excluding carboxylic acids is 1. The molecule has 9 heteroatoms. The Hall–Kier alpha value is -2.29. The van der Waals surface area contributed by atoms with Crippen molar-refractivity contribution in [2.24, 2.45) is 18.4 Å². The molecule has 1 saturated carbocycles. The molecule has 4 fully saturated rings. The second kappa shape index (κ2) is 5.90. The van der Waals surface area contributed by atoms with Crippen LogP contribution in [0.4, 0.5) is 10.5 Å². The maximum atomic E-state index is 13.3. The summed E-state index contributed by atoms with van der Waals surface area (Å²) in [7, 11) is -1.04. The normalized spacial score (nSPS) is 34.3. The standard InChI is InChI=1S/C21H27N5O3S/c1-21-10-14-12-25(16-3-4-17-15(9-16)11-22-23(17)2)18(21)19(21)26(13-14)20(27)24-5-7-30(28,29)8-6-24/h3-4,9,11,14,18-19H,5-8,10,12-13H2,1-2H3. The van der Waals surface area contributed by atoms with Crippen LogP contribution < -0.4 is 4.90 Å². The number of piperidine rings is 2. The van der Waals surface area contributed by atoms with E-state index in [0.717, 1.165) is 30.4 Å². The van der Waals surface area contributed by atoms with Gasteiger partial charge in [0.15, 0.2) is 9.84 Å². The molecule has 1 aromatic carbocycles. The Morgan fingerprint density at radius 2 is 1.93 bits per heavy atom. The van der Waals surface area contributed by atoms with Gasteiger partial charge in [-0.2, -0.15) is 5.10 Å². The van der Waals surface area contributed by atoms with E-state index in [1.807, 2.05) is 17.9 Å². The van der Waals surface area contributed by atoms with Crippen molar-refractivity contribution >= 4 is 32.5 Å². The molecule has 2 bridgehead atoms. The lowest BCUT2D eigenvalue weighted by Crippen LogP contribution is -2.53. The summed E-state index contributed by atoms with van der Waals surface area (Å²) in [5, 5.41) is 5.50. The maximum absolute atomic E-state index is 13.3. The number of anilines is 1. The number of urea groups is 1. The van der Waals surface area contributed by atoms with Crippen molar-refractivity contribution in [3.8, 4) is 0 Å². The van der Waals surface area contributed by atoms with E-state index in [1.165, 1.54) is 5.69 Å². The molecule has 4 atom stereocenters. The van der Waals surface area contributed by atoms with Crippen molar-refractivity contribution in [1.82, 2.24) is 19.6 Å². The predicted octanol–water partition coefficient (Wildman–Crippen LogP) is 1.32. The Balaban J connectivity index is 1.27. The number of carbonyl (C=O) groups is 1. The highest BCUT2D eigenvalue weighted by atomic mass is 32.2. The molecule has 2 amide bonds. The molecular weight excluding hydrogens is 402 g/mol. The van der Waals surface area contributed by atoms with E-state index in [0.29, 0.717) is 25.0 Å². The van der Waals surface area contributed by atoms with E-state index in [2.05, 4.69) is 40.0 Å². The summed E-state index contributed by atoms with van der Waals surface area (Å²) >= 11 is 0. The lowest BCUT2D eigenvalue weighted by Gasteiger charge is -2.41. The number of hydrogen-bond donors (Lipinski definition) is 0. The summed E-state index contributed by atoms with van der Waals surface area (Å²) in [6.07, 6.45) is 3.07. The third kappa shape index (κ3) is 2.53. The molecule has 8 nitrogen and oxygen atoms in total. The first-order chi connectivity index (χ1) is 14.3. The molecule has 6 rings (SSSR count). The number of hydrogen-bond acceptors (Lipinski definition) is 5. The fourth-order valence-electron chi connectivity index (χ4n) is 6.28. The summed E-state index contributed by atoms with van der Waals surface area (Å²) in [5.74, 6) is 0.601. The van der Waals surface area contributed by atoms with Crippen molar-refractivity contribution in [2.75, 3.05) is 42.6 Å². The fraction of sp³-hybridized carbons (Fsp3) is 0.619. The van der Waals surface area contributed by atoms with Gasteiger partial charge in [0.1, 0.15) is 0 Å². The van der Waals surface area contributed by atoms with Crippen molar-refractivity contribution in [2.45, 2.75) is 25.4 Å². The topological polar surface area (TPSA) is 78.8 Å². The van der Waals surface area contributed by atoms with Gasteiger partial charge in [0.25, 0.3) is 0 Å². The van der Waals surface area contributed by atoms with Crippen LogP contribution in [-0.4, -0.2) is 83.8 Å². The number of sulfone groups is 1. The number of aromatic nitrogens is 2. The minimum atomic E-state index is -2.99. The summed E-state index contributed by atoms with van der Waals surface area (Å²) in [4.78, 5) is 19.6. The third-order valence-corrected chi connectivity index (χ3v) is 9.38. The molecule has 4 aliphatic rings. The van der Waals surface area contributed by atoms with Gasteiger partial charge in [0, 0.05) is 49.7 Å². The zero-order valence-electron chi connectivity index (χ0n) is 17.4. The number of nitrogens with zero attached hydrogens (tertiary/aromatic N) is 5. The Kier molecular flexibility index (Phi) is 3.63. The first-order valence-corrected chi connectivity index (χ1v) is 12.5. The van der Waals surface area contributed by atoms with Gasteiger partial charge >= 0.3 is 6.03 Å². The molecule has 1 aliphatic carbocycles. The lowest BCUT2D eigenvalue weighted by molar-refractivity contribution is 0.112. The van der Waals surface area contributed by atoms with Crippen LogP contribution in [-0.2, 0) is 16.9 Å². The van der Waals surface area contributed by atoms with E-state index >= 15 is 0 Å². The van der Waals surface area contributed by atoms with Crippen molar-refractivity contribution < 1.29 is 13.2 Å². The molecule has 0 radical (unpaired) electrons. The average Bonchev–Trinajstić information content (AvgIpc) is 3.27. The Morgan fingerprint density at radius 1 is 1.17 bits per heavy atom. The minimum Gasteiger partial charge on any atom is -0.365 e. The molecule has 3 saturated heterocycles. The number of aryl methyl sites for hydroxylation is 1. The molecule has 4 heterocycles. The number of fused-ring (bicyclic) bond motifs is 3. The monoisotopic (exact) mass is 429 g/mol. The SMILES string of the molecule is Cn1ncc2cc(N3CC4CN(C(=O)N5CCS(=O)(=O)CC5)C5C3C5(C)C4)ccc21. The highest BCUT2D eigenvalue weighted by Crippen LogP contribution is 2.63. The number of rotatable bonds is 1. The van der Waals surface area contributed by atoms with E-state index in [-0.39, 0.29) is 29.0 Å². The summed E-state index contributed by atoms with van der Waals surface area (Å²) in [5.41, 5.74) is 2.44. The van der Waals surface area contributed by atoms with E-state index in [4.69, 9.17) is 0 Å². The molecule has 3 aliphatic heterocycles. The average molecular weight is 430 g/mol. The zero-order chi connectivity index (χ0) is 20.8. The van der Waals surface area contributed by atoms with E-state index in [9.17, 15) is 13.2 Å². The van der Waals surface area contributed by atoms with Crippen LogP contribution >= 0.6 is 0 Å². The van der Waals surface area contributed by atoms with Gasteiger partial charge in [0.2, 0.25) is 0 Å². The van der Waals surface area contributed by atoms with Crippen LogP contribution in [0.5, 0.6) is 0 Å². The fourth-order valence-corrected chi connectivity index (χ4v) is 7.48. The Labute approximate surface area is 176 Å². The number of likely N-dealkylation sites (tertiary alicyclic amines) is 1. The molecule has 0 spiro atoms. The zero-order valence-corrected chi connectivity index (χ0v) is 18.2. The Morgan fingerprint density at radius 3 is 2.70 bits per heavy atom. The van der Waals surface area contributed by atoms with E-state index < -0.39 is 9.84 Å². The second-order valence-electron chi connectivity index (χ2n) is 9.70. The molecule has 160 valence electrons. The van der Waals surface area contributed by atoms with Crippen LogP contribution in [0.2, 0.25) is 0 Å². The second-order valence-corrected chi connectivity index (χ2v) is 12.0. The molecule has 0 N–H and O–H groups in total. The Bertz CT molecular complexity index is 1150. The largest absolute Gasteiger partial charge is 0.365 e. The summed E-state index contributed by atoms with van der Waals surface area (Å²) in [6, 6.07) is 7.07. The van der Waals surface area contributed by atoms with Gasteiger partial charge in [-0.25, -0.2) is 13.2 Å². The minimum absolute atomic E-state index is 0.0258. The smallest absolute Gasteiger partial charge is 0.320 e. The van der Waals surface area contributed by atoms with Gasteiger partial charge in [-0.15, -0.1) is 0 Å². The van der Waals surface area contributed by atoms with Crippen LogP contribution in [0.1, 0.15) is 13.3 Å². The quantitative estimate of drug-likeness (QED) is 0.683. The van der Waals surface area contributed by atoms with Crippen LogP contribution in [0.25, 0.3) is 10.9 Å². The first-order valence-electron chi connectivity index (χ1n) is 10.7. The van der Waals surface area contributed by atoms with Crippen molar-refractivity contribution in [3.05, 3.63) is 24.4 Å². The van der Waals surface area contributed by atoms with Crippen LogP contribution in [0, 0.1) is 11.3 Å². The molecule has 4 unspecified atom stereocenters. The van der Waals surface area contributed by atoms with Crippen molar-refractivity contribution in [1.29, 1.82) is 0 Å². The molecule has 1 aromatic heterocycles. The third-order valence-electron chi connectivity index (χ3n) is 7.77. The first kappa shape index (κ1) is 18.5. The number of benzene rings is 1. The van der Waals surface area contributed by atoms with Crippen LogP contribution in [0.3, 0.4) is 0 Å². The highest BCUT2D eigenvalue weighted by molar-refractivity contribution is 7.91. The van der Waals surface area contributed by atoms with Gasteiger partial charge in [0.05, 0.1) is 35.3 Å². The van der Waals surface area contributed by atoms with Gasteiger partial charge < -0.3 is 14.7 Å². The van der Waals surface area contributed by atoms with E-state index in [1.54, 1.807) is 4.90 Å². The van der Waals surface area contributed by atoms with Crippen LogP contribution in [0.15, 0.2) is 24.4 Å². The maximum Gasteiger partial charge on any atom is 0.320 e. The van der Waals surface area contributed by atoms with Gasteiger partial charge in [-0.1, -0.05) is 6.92 Å². The molecular formula is C21H27N5O3S. The van der Waals surface area contributed by atoms with Crippen molar-refractivity contribution in [3.63, 3.8) is 0 Å².